The van der Waals surface area contributed by atoms with Gasteiger partial charge in [0, 0.05) is 12.1 Å². The molecule has 1 fully saturated rings. The number of carbonyl (C=O) groups excluding carboxylic acids is 2. The van der Waals surface area contributed by atoms with Gasteiger partial charge in [0.25, 0.3) is 11.6 Å². The molecule has 1 aliphatic rings. The number of alkyl halides is 3. The minimum Gasteiger partial charge on any atom is -0.451 e. The summed E-state index contributed by atoms with van der Waals surface area (Å²) in [4.78, 5) is 34.4. The van der Waals surface area contributed by atoms with Gasteiger partial charge in [0.15, 0.2) is 6.10 Å². The van der Waals surface area contributed by atoms with Gasteiger partial charge >= 0.3 is 12.1 Å². The van der Waals surface area contributed by atoms with Crippen LogP contribution in [0.25, 0.3) is 0 Å². The first-order chi connectivity index (χ1) is 13.5. The molecule has 160 valence electrons. The van der Waals surface area contributed by atoms with Crippen molar-refractivity contribution >= 4 is 23.3 Å². The number of carbonyl (C=O) groups is 2. The number of nitro groups is 1. The summed E-state index contributed by atoms with van der Waals surface area (Å²) in [6, 6.07) is 0.852. The molecule has 11 heteroatoms. The maximum Gasteiger partial charge on any atom is 0.416 e. The number of amides is 1. The standard InChI is InChI=1S/C18H22F3N3O5/c1-10(17(26)29-11(2)16(25)23-13-5-3-4-6-13)22-14-8-7-12(18(19,20)21)9-15(14)24(27)28/h7-11,13,22H,3-6H2,1-2H3,(H,23,25). The Morgan fingerprint density at radius 3 is 2.41 bits per heavy atom. The van der Waals surface area contributed by atoms with E-state index in [4.69, 9.17) is 4.74 Å². The van der Waals surface area contributed by atoms with Crippen molar-refractivity contribution in [2.75, 3.05) is 5.32 Å². The normalized spacial score (nSPS) is 16.7. The van der Waals surface area contributed by atoms with Crippen LogP contribution in [0.1, 0.15) is 45.1 Å². The van der Waals surface area contributed by atoms with Gasteiger partial charge < -0.3 is 15.4 Å². The van der Waals surface area contributed by atoms with E-state index in [9.17, 15) is 32.9 Å². The number of rotatable bonds is 7. The van der Waals surface area contributed by atoms with Crippen LogP contribution in [0.15, 0.2) is 18.2 Å². The molecule has 0 aromatic heterocycles. The number of anilines is 1. The van der Waals surface area contributed by atoms with Crippen LogP contribution in [-0.2, 0) is 20.5 Å². The van der Waals surface area contributed by atoms with Gasteiger partial charge in [0.05, 0.1) is 10.5 Å². The Bertz CT molecular complexity index is 778. The molecule has 2 unspecified atom stereocenters. The van der Waals surface area contributed by atoms with E-state index in [1.54, 1.807) is 0 Å². The van der Waals surface area contributed by atoms with Gasteiger partial charge in [0.2, 0.25) is 0 Å². The van der Waals surface area contributed by atoms with E-state index in [-0.39, 0.29) is 11.7 Å². The van der Waals surface area contributed by atoms with E-state index in [1.807, 2.05) is 0 Å². The summed E-state index contributed by atoms with van der Waals surface area (Å²) >= 11 is 0. The highest BCUT2D eigenvalue weighted by molar-refractivity contribution is 5.86. The van der Waals surface area contributed by atoms with Crippen LogP contribution in [0.3, 0.4) is 0 Å². The molecule has 1 aliphatic carbocycles. The van der Waals surface area contributed by atoms with Gasteiger partial charge in [0.1, 0.15) is 11.7 Å². The third-order valence-electron chi connectivity index (χ3n) is 4.61. The van der Waals surface area contributed by atoms with Gasteiger partial charge in [-0.2, -0.15) is 13.2 Å². The molecule has 8 nitrogen and oxygen atoms in total. The average molecular weight is 417 g/mol. The van der Waals surface area contributed by atoms with Crippen molar-refractivity contribution in [1.29, 1.82) is 0 Å². The quantitative estimate of drug-likeness (QED) is 0.400. The Morgan fingerprint density at radius 1 is 1.24 bits per heavy atom. The molecule has 0 bridgehead atoms. The van der Waals surface area contributed by atoms with Crippen LogP contribution in [0.2, 0.25) is 0 Å². The van der Waals surface area contributed by atoms with Gasteiger partial charge in [-0.15, -0.1) is 0 Å². The molecular weight excluding hydrogens is 395 g/mol. The Labute approximate surface area is 164 Å². The predicted molar refractivity (Wildman–Crippen MR) is 97.1 cm³/mol. The Balaban J connectivity index is 2.01. The minimum atomic E-state index is -4.74. The van der Waals surface area contributed by atoms with Crippen molar-refractivity contribution in [3.63, 3.8) is 0 Å². The van der Waals surface area contributed by atoms with Crippen LogP contribution in [-0.4, -0.2) is 35.0 Å². The lowest BCUT2D eigenvalue weighted by molar-refractivity contribution is -0.384. The number of benzene rings is 1. The van der Waals surface area contributed by atoms with Crippen LogP contribution in [0.5, 0.6) is 0 Å². The first-order valence-electron chi connectivity index (χ1n) is 9.12. The van der Waals surface area contributed by atoms with Crippen molar-refractivity contribution in [2.24, 2.45) is 0 Å². The molecule has 2 atom stereocenters. The van der Waals surface area contributed by atoms with Gasteiger partial charge in [-0.25, -0.2) is 4.79 Å². The largest absolute Gasteiger partial charge is 0.451 e. The van der Waals surface area contributed by atoms with Crippen LogP contribution in [0.4, 0.5) is 24.5 Å². The monoisotopic (exact) mass is 417 g/mol. The summed E-state index contributed by atoms with van der Waals surface area (Å²) < 4.78 is 43.4. The molecule has 0 aliphatic heterocycles. The fraction of sp³-hybridized carbons (Fsp3) is 0.556. The third-order valence-corrected chi connectivity index (χ3v) is 4.61. The lowest BCUT2D eigenvalue weighted by Gasteiger charge is -2.20. The van der Waals surface area contributed by atoms with E-state index in [2.05, 4.69) is 10.6 Å². The zero-order valence-corrected chi connectivity index (χ0v) is 15.9. The van der Waals surface area contributed by atoms with Gasteiger partial charge in [-0.1, -0.05) is 12.8 Å². The summed E-state index contributed by atoms with van der Waals surface area (Å²) in [5.74, 6) is -1.31. The van der Waals surface area contributed by atoms with E-state index >= 15 is 0 Å². The zero-order valence-electron chi connectivity index (χ0n) is 15.9. The van der Waals surface area contributed by atoms with Crippen molar-refractivity contribution in [1.82, 2.24) is 5.32 Å². The number of hydrogen-bond acceptors (Lipinski definition) is 6. The smallest absolute Gasteiger partial charge is 0.416 e. The summed E-state index contributed by atoms with van der Waals surface area (Å²) in [6.45, 7) is 2.72. The van der Waals surface area contributed by atoms with Crippen molar-refractivity contribution in [2.45, 2.75) is 63.9 Å². The number of nitrogens with zero attached hydrogens (tertiary/aromatic N) is 1. The van der Waals surface area contributed by atoms with E-state index in [0.717, 1.165) is 31.7 Å². The van der Waals surface area contributed by atoms with Crippen LogP contribution in [0, 0.1) is 10.1 Å². The molecule has 0 radical (unpaired) electrons. The number of ether oxygens (including phenoxy) is 1. The van der Waals surface area contributed by atoms with E-state index in [1.165, 1.54) is 13.8 Å². The molecule has 1 saturated carbocycles. The topological polar surface area (TPSA) is 111 Å². The molecule has 0 heterocycles. The molecule has 1 aromatic carbocycles. The average Bonchev–Trinajstić information content (AvgIpc) is 3.13. The first kappa shape index (κ1) is 22.4. The fourth-order valence-corrected chi connectivity index (χ4v) is 2.99. The molecular formula is C18H22F3N3O5. The van der Waals surface area contributed by atoms with Crippen LogP contribution < -0.4 is 10.6 Å². The molecule has 1 aromatic rings. The highest BCUT2D eigenvalue weighted by Gasteiger charge is 2.33. The highest BCUT2D eigenvalue weighted by atomic mass is 19.4. The van der Waals surface area contributed by atoms with Gasteiger partial charge in [-0.05, 0) is 38.8 Å². The fourth-order valence-electron chi connectivity index (χ4n) is 2.99. The molecule has 2 rings (SSSR count). The summed E-state index contributed by atoms with van der Waals surface area (Å²) in [7, 11) is 0. The second kappa shape index (κ2) is 9.10. The van der Waals surface area contributed by atoms with E-state index in [0.29, 0.717) is 12.1 Å². The molecule has 1 amide bonds. The highest BCUT2D eigenvalue weighted by Crippen LogP contribution is 2.35. The van der Waals surface area contributed by atoms with E-state index < -0.39 is 46.4 Å². The third kappa shape index (κ3) is 6.06. The number of hydrogen-bond donors (Lipinski definition) is 2. The van der Waals surface area contributed by atoms with Crippen molar-refractivity contribution in [3.05, 3.63) is 33.9 Å². The second-order valence-corrected chi connectivity index (χ2v) is 6.92. The number of nitro benzene ring substituents is 1. The van der Waals surface area contributed by atoms with Gasteiger partial charge in [-0.3, -0.25) is 14.9 Å². The summed E-state index contributed by atoms with van der Waals surface area (Å²) in [5.41, 5.74) is -2.27. The minimum absolute atomic E-state index is 0.0500. The number of esters is 1. The lowest BCUT2D eigenvalue weighted by Crippen LogP contribution is -2.42. The van der Waals surface area contributed by atoms with Crippen molar-refractivity contribution in [3.8, 4) is 0 Å². The maximum absolute atomic E-state index is 12.8. The van der Waals surface area contributed by atoms with Crippen LogP contribution >= 0.6 is 0 Å². The maximum atomic E-state index is 12.8. The van der Waals surface area contributed by atoms with Crippen molar-refractivity contribution < 1.29 is 32.4 Å². The molecule has 29 heavy (non-hydrogen) atoms. The Hall–Kier alpha value is -2.85. The summed E-state index contributed by atoms with van der Waals surface area (Å²) in [5, 5.41) is 16.4. The number of halogens is 3. The molecule has 0 saturated heterocycles. The Kier molecular flexibility index (Phi) is 7.04. The molecule has 0 spiro atoms. The SMILES string of the molecule is CC(Nc1ccc(C(F)(F)F)cc1[N+](=O)[O-])C(=O)OC(C)C(=O)NC1CCCC1. The predicted octanol–water partition coefficient (Wildman–Crippen LogP) is 3.40. The Morgan fingerprint density at radius 2 is 1.86 bits per heavy atom. The zero-order chi connectivity index (χ0) is 21.8. The second-order valence-electron chi connectivity index (χ2n) is 6.92. The lowest BCUT2D eigenvalue weighted by atomic mass is 10.1. The number of nitrogens with one attached hydrogen (secondary N) is 2. The summed E-state index contributed by atoms with van der Waals surface area (Å²) in [6.07, 6.45) is -2.05. The first-order valence-corrected chi connectivity index (χ1v) is 9.12. The molecule has 2 N–H and O–H groups in total.